The second-order valence-electron chi connectivity index (χ2n) is 7.90. The summed E-state index contributed by atoms with van der Waals surface area (Å²) in [6.07, 6.45) is 2.10. The van der Waals surface area contributed by atoms with Crippen LogP contribution in [0, 0.1) is 0 Å². The van der Waals surface area contributed by atoms with Crippen molar-refractivity contribution in [2.24, 2.45) is 0 Å². The molecule has 1 amide bonds. The van der Waals surface area contributed by atoms with Gasteiger partial charge in [-0.3, -0.25) is 4.90 Å². The van der Waals surface area contributed by atoms with Gasteiger partial charge in [0.25, 0.3) is 0 Å². The van der Waals surface area contributed by atoms with Crippen LogP contribution >= 0.6 is 0 Å². The maximum absolute atomic E-state index is 12.1. The zero-order chi connectivity index (χ0) is 17.1. The smallest absolute Gasteiger partial charge is 0.410 e. The SMILES string of the molecule is CCN(CC1(O)CCN(C(=O)OC(C)(C)C)CC1)C1CCNC1. The first-order chi connectivity index (χ1) is 10.7. The van der Waals surface area contributed by atoms with Gasteiger partial charge in [-0.15, -0.1) is 0 Å². The molecule has 2 N–H and O–H groups in total. The predicted molar refractivity (Wildman–Crippen MR) is 90.5 cm³/mol. The standard InChI is InChI=1S/C17H33N3O3/c1-5-19(14-6-9-18-12-14)13-17(22)7-10-20(11-8-17)15(21)23-16(2,3)4/h14,18,22H,5-13H2,1-4H3. The average molecular weight is 327 g/mol. The van der Waals surface area contributed by atoms with Crippen molar-refractivity contribution in [2.45, 2.75) is 64.2 Å². The minimum atomic E-state index is -0.697. The summed E-state index contributed by atoms with van der Waals surface area (Å²) in [5, 5.41) is 14.3. The molecular formula is C17H33N3O3. The summed E-state index contributed by atoms with van der Waals surface area (Å²) in [6, 6.07) is 0.521. The highest BCUT2D eigenvalue weighted by Gasteiger charge is 2.38. The van der Waals surface area contributed by atoms with Crippen molar-refractivity contribution in [3.63, 3.8) is 0 Å². The van der Waals surface area contributed by atoms with Crippen LogP contribution in [0.3, 0.4) is 0 Å². The number of nitrogens with zero attached hydrogens (tertiary/aromatic N) is 2. The van der Waals surface area contributed by atoms with E-state index in [0.717, 1.165) is 26.1 Å². The van der Waals surface area contributed by atoms with E-state index in [2.05, 4.69) is 17.1 Å². The van der Waals surface area contributed by atoms with E-state index < -0.39 is 11.2 Å². The number of likely N-dealkylation sites (tertiary alicyclic amines) is 1. The van der Waals surface area contributed by atoms with Crippen LogP contribution in [0.15, 0.2) is 0 Å². The van der Waals surface area contributed by atoms with Crippen LogP contribution in [0.1, 0.15) is 47.0 Å². The van der Waals surface area contributed by atoms with Crippen LogP contribution in [0.5, 0.6) is 0 Å². The Bertz CT molecular complexity index is 394. The number of likely N-dealkylation sites (N-methyl/N-ethyl adjacent to an activating group) is 1. The number of piperidine rings is 1. The largest absolute Gasteiger partial charge is 0.444 e. The molecule has 1 atom stereocenters. The van der Waals surface area contributed by atoms with Gasteiger partial charge in [0.05, 0.1) is 5.60 Å². The number of ether oxygens (including phenoxy) is 1. The molecule has 0 saturated carbocycles. The summed E-state index contributed by atoms with van der Waals surface area (Å²) >= 11 is 0. The third kappa shape index (κ3) is 5.33. The Hall–Kier alpha value is -0.850. The maximum atomic E-state index is 12.1. The van der Waals surface area contributed by atoms with Crippen LogP contribution in [-0.4, -0.2) is 77.5 Å². The Morgan fingerprint density at radius 3 is 2.52 bits per heavy atom. The number of nitrogens with one attached hydrogen (secondary N) is 1. The van der Waals surface area contributed by atoms with Gasteiger partial charge < -0.3 is 20.1 Å². The fraction of sp³-hybridized carbons (Fsp3) is 0.941. The van der Waals surface area contributed by atoms with E-state index in [1.54, 1.807) is 4.90 Å². The number of amides is 1. The lowest BCUT2D eigenvalue weighted by Gasteiger charge is -2.42. The highest BCUT2D eigenvalue weighted by molar-refractivity contribution is 5.68. The molecule has 2 fully saturated rings. The van der Waals surface area contributed by atoms with Gasteiger partial charge in [-0.25, -0.2) is 4.79 Å². The molecule has 2 aliphatic rings. The third-order valence-corrected chi connectivity index (χ3v) is 4.80. The zero-order valence-corrected chi connectivity index (χ0v) is 15.1. The van der Waals surface area contributed by atoms with Gasteiger partial charge in [0.1, 0.15) is 5.60 Å². The molecule has 0 bridgehead atoms. The molecule has 0 aromatic heterocycles. The second kappa shape index (κ2) is 7.36. The minimum Gasteiger partial charge on any atom is -0.444 e. The molecule has 2 rings (SSSR count). The van der Waals surface area contributed by atoms with Crippen molar-refractivity contribution in [3.8, 4) is 0 Å². The van der Waals surface area contributed by atoms with Gasteiger partial charge in [0.2, 0.25) is 0 Å². The highest BCUT2D eigenvalue weighted by atomic mass is 16.6. The van der Waals surface area contributed by atoms with Gasteiger partial charge in [-0.2, -0.15) is 0 Å². The molecule has 2 aliphatic heterocycles. The molecule has 134 valence electrons. The summed E-state index contributed by atoms with van der Waals surface area (Å²) in [5.74, 6) is 0. The van der Waals surface area contributed by atoms with Gasteiger partial charge in [0, 0.05) is 32.2 Å². The molecule has 6 nitrogen and oxygen atoms in total. The quantitative estimate of drug-likeness (QED) is 0.818. The first kappa shape index (κ1) is 18.5. The van der Waals surface area contributed by atoms with Crippen molar-refractivity contribution in [2.75, 3.05) is 39.3 Å². The summed E-state index contributed by atoms with van der Waals surface area (Å²) in [5.41, 5.74) is -1.17. The fourth-order valence-electron chi connectivity index (χ4n) is 3.42. The number of carbonyl (C=O) groups is 1. The highest BCUT2D eigenvalue weighted by Crippen LogP contribution is 2.26. The summed E-state index contributed by atoms with van der Waals surface area (Å²) in [6.45, 7) is 12.6. The number of aliphatic hydroxyl groups is 1. The van der Waals surface area contributed by atoms with Crippen molar-refractivity contribution in [1.82, 2.24) is 15.1 Å². The van der Waals surface area contributed by atoms with Gasteiger partial charge in [0.15, 0.2) is 0 Å². The Morgan fingerprint density at radius 1 is 1.39 bits per heavy atom. The van der Waals surface area contributed by atoms with Gasteiger partial charge >= 0.3 is 6.09 Å². The molecule has 6 heteroatoms. The second-order valence-corrected chi connectivity index (χ2v) is 7.90. The topological polar surface area (TPSA) is 65.0 Å². The Balaban J connectivity index is 1.85. The molecule has 2 heterocycles. The third-order valence-electron chi connectivity index (χ3n) is 4.80. The van der Waals surface area contributed by atoms with E-state index in [1.807, 2.05) is 20.8 Å². The normalized spacial score (nSPS) is 25.0. The van der Waals surface area contributed by atoms with E-state index in [0.29, 0.717) is 38.5 Å². The van der Waals surface area contributed by atoms with E-state index >= 15 is 0 Å². The fourth-order valence-corrected chi connectivity index (χ4v) is 3.42. The van der Waals surface area contributed by atoms with E-state index in [-0.39, 0.29) is 6.09 Å². The summed E-state index contributed by atoms with van der Waals surface area (Å²) in [4.78, 5) is 16.2. The molecule has 1 unspecified atom stereocenters. The molecule has 0 spiro atoms. The number of hydrogen-bond donors (Lipinski definition) is 2. The van der Waals surface area contributed by atoms with Crippen LogP contribution < -0.4 is 5.32 Å². The molecule has 23 heavy (non-hydrogen) atoms. The lowest BCUT2D eigenvalue weighted by atomic mass is 9.90. The zero-order valence-electron chi connectivity index (χ0n) is 15.1. The van der Waals surface area contributed by atoms with Crippen LogP contribution in [0.2, 0.25) is 0 Å². The van der Waals surface area contributed by atoms with Gasteiger partial charge in [-0.1, -0.05) is 6.92 Å². The van der Waals surface area contributed by atoms with E-state index in [1.165, 1.54) is 0 Å². The van der Waals surface area contributed by atoms with Crippen LogP contribution in [-0.2, 0) is 4.74 Å². The Labute approximate surface area is 140 Å². The van der Waals surface area contributed by atoms with Crippen molar-refractivity contribution < 1.29 is 14.6 Å². The minimum absolute atomic E-state index is 0.271. The molecule has 0 aliphatic carbocycles. The van der Waals surface area contributed by atoms with E-state index in [4.69, 9.17) is 4.74 Å². The molecular weight excluding hydrogens is 294 g/mol. The Morgan fingerprint density at radius 2 is 2.04 bits per heavy atom. The van der Waals surface area contributed by atoms with Crippen molar-refractivity contribution >= 4 is 6.09 Å². The summed E-state index contributed by atoms with van der Waals surface area (Å²) in [7, 11) is 0. The number of carbonyl (C=O) groups excluding carboxylic acids is 1. The molecule has 2 saturated heterocycles. The Kier molecular flexibility index (Phi) is 5.92. The number of hydrogen-bond acceptors (Lipinski definition) is 5. The molecule has 0 radical (unpaired) electrons. The van der Waals surface area contributed by atoms with Crippen molar-refractivity contribution in [3.05, 3.63) is 0 Å². The monoisotopic (exact) mass is 327 g/mol. The van der Waals surface area contributed by atoms with Crippen LogP contribution in [0.25, 0.3) is 0 Å². The summed E-state index contributed by atoms with van der Waals surface area (Å²) < 4.78 is 5.42. The molecule has 0 aromatic rings. The molecule has 0 aromatic carbocycles. The maximum Gasteiger partial charge on any atom is 0.410 e. The van der Waals surface area contributed by atoms with Crippen LogP contribution in [0.4, 0.5) is 4.79 Å². The number of rotatable bonds is 4. The predicted octanol–water partition coefficient (Wildman–Crippen LogP) is 1.43. The average Bonchev–Trinajstić information content (AvgIpc) is 2.97. The van der Waals surface area contributed by atoms with E-state index in [9.17, 15) is 9.90 Å². The van der Waals surface area contributed by atoms with Crippen molar-refractivity contribution in [1.29, 1.82) is 0 Å². The van der Waals surface area contributed by atoms with Gasteiger partial charge in [-0.05, 0) is 53.1 Å². The first-order valence-corrected chi connectivity index (χ1v) is 8.87. The lowest BCUT2D eigenvalue weighted by Crippen LogP contribution is -2.54. The first-order valence-electron chi connectivity index (χ1n) is 8.87. The lowest BCUT2D eigenvalue weighted by molar-refractivity contribution is -0.0547.